The van der Waals surface area contributed by atoms with E-state index in [0.29, 0.717) is 17.7 Å². The van der Waals surface area contributed by atoms with Crippen molar-refractivity contribution in [3.63, 3.8) is 0 Å². The molecule has 0 bridgehead atoms. The summed E-state index contributed by atoms with van der Waals surface area (Å²) in [5.74, 6) is 0.0257. The minimum absolute atomic E-state index is 0.0858. The summed E-state index contributed by atoms with van der Waals surface area (Å²) in [6.45, 7) is -1.33. The molecule has 0 N–H and O–H groups in total. The molecule has 28 heavy (non-hydrogen) atoms. The van der Waals surface area contributed by atoms with Crippen LogP contribution in [0.3, 0.4) is 0 Å². The maximum absolute atomic E-state index is 12.8. The maximum Gasteiger partial charge on any atom is 0.387 e. The fourth-order valence-electron chi connectivity index (χ4n) is 3.05. The molecule has 1 atom stereocenters. The van der Waals surface area contributed by atoms with Crippen molar-refractivity contribution >= 4 is 17.4 Å². The van der Waals surface area contributed by atoms with Gasteiger partial charge in [-0.2, -0.15) is 8.78 Å². The predicted octanol–water partition coefficient (Wildman–Crippen LogP) is 3.68. The van der Waals surface area contributed by atoms with Gasteiger partial charge in [0.15, 0.2) is 11.9 Å². The third kappa shape index (κ3) is 4.05. The Morgan fingerprint density at radius 2 is 1.93 bits per heavy atom. The molecular weight excluding hydrogens is 372 g/mol. The number of methoxy groups -OCH3 is 1. The monoisotopic (exact) mass is 391 g/mol. The van der Waals surface area contributed by atoms with E-state index in [1.165, 1.54) is 31.1 Å². The molecule has 0 radical (unpaired) electrons. The van der Waals surface area contributed by atoms with Crippen LogP contribution in [-0.2, 0) is 4.79 Å². The number of hydrogen-bond donors (Lipinski definition) is 0. The third-order valence-electron chi connectivity index (χ3n) is 4.37. The van der Waals surface area contributed by atoms with E-state index in [2.05, 4.69) is 4.74 Å². The molecule has 6 nitrogen and oxygen atoms in total. The maximum atomic E-state index is 12.8. The smallest absolute Gasteiger partial charge is 0.387 e. The molecule has 2 aromatic carbocycles. The number of hydrogen-bond acceptors (Lipinski definition) is 5. The van der Waals surface area contributed by atoms with Crippen LogP contribution in [0.25, 0.3) is 0 Å². The van der Waals surface area contributed by atoms with Crippen LogP contribution >= 0.6 is 0 Å². The summed E-state index contributed by atoms with van der Waals surface area (Å²) in [4.78, 5) is 26.0. The first-order chi connectivity index (χ1) is 13.4. The number of anilines is 1. The lowest BCUT2D eigenvalue weighted by molar-refractivity contribution is -0.123. The Morgan fingerprint density at radius 3 is 2.61 bits per heavy atom. The largest absolute Gasteiger partial charge is 0.497 e. The van der Waals surface area contributed by atoms with E-state index in [1.54, 1.807) is 30.3 Å². The lowest BCUT2D eigenvalue weighted by Crippen LogP contribution is -2.32. The SMILES string of the molecule is COc1ccc(C(C)=O)c(O[C@@H]2CCN(c3ccccc3OC(F)F)C2=O)c1. The molecule has 8 heteroatoms. The number of carbonyl (C=O) groups is 2. The van der Waals surface area contributed by atoms with E-state index < -0.39 is 18.6 Å². The normalized spacial score (nSPS) is 16.4. The molecule has 1 saturated heterocycles. The number of Topliss-reactive ketones (excluding diaryl/α,β-unsaturated/α-hetero) is 1. The Hall–Kier alpha value is -3.16. The van der Waals surface area contributed by atoms with E-state index in [9.17, 15) is 18.4 Å². The second kappa shape index (κ2) is 8.24. The van der Waals surface area contributed by atoms with Crippen molar-refractivity contribution in [3.05, 3.63) is 48.0 Å². The van der Waals surface area contributed by atoms with Crippen molar-refractivity contribution in [3.8, 4) is 17.2 Å². The van der Waals surface area contributed by atoms with Gasteiger partial charge in [-0.25, -0.2) is 0 Å². The summed E-state index contributed by atoms with van der Waals surface area (Å²) in [6.07, 6.45) is -0.527. The van der Waals surface area contributed by atoms with Crippen LogP contribution in [0.5, 0.6) is 17.2 Å². The lowest BCUT2D eigenvalue weighted by atomic mass is 10.1. The van der Waals surface area contributed by atoms with Gasteiger partial charge in [0, 0.05) is 19.0 Å². The van der Waals surface area contributed by atoms with Gasteiger partial charge in [0.25, 0.3) is 5.91 Å². The molecule has 1 amide bonds. The summed E-state index contributed by atoms with van der Waals surface area (Å²) in [7, 11) is 1.48. The summed E-state index contributed by atoms with van der Waals surface area (Å²) < 4.78 is 40.8. The van der Waals surface area contributed by atoms with Gasteiger partial charge >= 0.3 is 6.61 Å². The summed E-state index contributed by atoms with van der Waals surface area (Å²) in [5.41, 5.74) is 0.574. The lowest BCUT2D eigenvalue weighted by Gasteiger charge is -2.20. The van der Waals surface area contributed by atoms with Crippen molar-refractivity contribution in [1.82, 2.24) is 0 Å². The summed E-state index contributed by atoms with van der Waals surface area (Å²) in [5, 5.41) is 0. The first kappa shape index (κ1) is 19.6. The fourth-order valence-corrected chi connectivity index (χ4v) is 3.05. The van der Waals surface area contributed by atoms with Crippen molar-refractivity contribution in [2.24, 2.45) is 0 Å². The number of rotatable bonds is 7. The second-order valence-electron chi connectivity index (χ2n) is 6.15. The molecule has 1 aliphatic heterocycles. The average Bonchev–Trinajstić information content (AvgIpc) is 3.01. The molecule has 0 aromatic heterocycles. The standard InChI is InChI=1S/C20H19F2NO5/c1-12(24)14-8-7-13(26-2)11-18(14)27-17-9-10-23(19(17)25)15-5-3-4-6-16(15)28-20(21)22/h3-8,11,17,20H,9-10H2,1-2H3/t17-/m1/s1. The number of nitrogens with zero attached hydrogens (tertiary/aromatic N) is 1. The topological polar surface area (TPSA) is 65.1 Å². The van der Waals surface area contributed by atoms with Gasteiger partial charge in [0.1, 0.15) is 17.2 Å². The highest BCUT2D eigenvalue weighted by Gasteiger charge is 2.36. The van der Waals surface area contributed by atoms with Crippen LogP contribution in [-0.4, -0.2) is 38.1 Å². The summed E-state index contributed by atoms with van der Waals surface area (Å²) >= 11 is 0. The molecule has 3 rings (SSSR count). The van der Waals surface area contributed by atoms with Gasteiger partial charge in [0.05, 0.1) is 18.4 Å². The second-order valence-corrected chi connectivity index (χ2v) is 6.15. The van der Waals surface area contributed by atoms with Gasteiger partial charge in [0.2, 0.25) is 0 Å². The van der Waals surface area contributed by atoms with Crippen LogP contribution < -0.4 is 19.1 Å². The number of benzene rings is 2. The molecule has 148 valence electrons. The Kier molecular flexibility index (Phi) is 5.77. The van der Waals surface area contributed by atoms with Crippen molar-refractivity contribution in [1.29, 1.82) is 0 Å². The van der Waals surface area contributed by atoms with E-state index in [4.69, 9.17) is 9.47 Å². The van der Waals surface area contributed by atoms with Crippen molar-refractivity contribution in [2.75, 3.05) is 18.6 Å². The first-order valence-electron chi connectivity index (χ1n) is 8.61. The minimum Gasteiger partial charge on any atom is -0.497 e. The Bertz CT molecular complexity index is 887. The number of ketones is 1. The third-order valence-corrected chi connectivity index (χ3v) is 4.37. The predicted molar refractivity (Wildman–Crippen MR) is 97.5 cm³/mol. The molecule has 0 unspecified atom stereocenters. The highest BCUT2D eigenvalue weighted by atomic mass is 19.3. The number of halogens is 2. The average molecular weight is 391 g/mol. The van der Waals surface area contributed by atoms with Crippen LogP contribution in [0.2, 0.25) is 0 Å². The molecule has 0 spiro atoms. The van der Waals surface area contributed by atoms with E-state index >= 15 is 0 Å². The van der Waals surface area contributed by atoms with Crippen LogP contribution in [0.1, 0.15) is 23.7 Å². The first-order valence-corrected chi connectivity index (χ1v) is 8.61. The van der Waals surface area contributed by atoms with Crippen LogP contribution in [0.15, 0.2) is 42.5 Å². The van der Waals surface area contributed by atoms with Gasteiger partial charge in [-0.15, -0.1) is 0 Å². The molecule has 0 aliphatic carbocycles. The fraction of sp³-hybridized carbons (Fsp3) is 0.300. The number of alkyl halides is 2. The van der Waals surface area contributed by atoms with Gasteiger partial charge < -0.3 is 19.1 Å². The quantitative estimate of drug-likeness (QED) is 0.674. The minimum atomic E-state index is -3.00. The van der Waals surface area contributed by atoms with Crippen LogP contribution in [0, 0.1) is 0 Å². The summed E-state index contributed by atoms with van der Waals surface area (Å²) in [6, 6.07) is 10.8. The molecule has 1 heterocycles. The Morgan fingerprint density at radius 1 is 1.18 bits per heavy atom. The van der Waals surface area contributed by atoms with Gasteiger partial charge in [-0.05, 0) is 31.2 Å². The zero-order valence-electron chi connectivity index (χ0n) is 15.4. The molecule has 1 aliphatic rings. The zero-order valence-corrected chi connectivity index (χ0v) is 15.4. The Labute approximate surface area is 160 Å². The van der Waals surface area contributed by atoms with Crippen LogP contribution in [0.4, 0.5) is 14.5 Å². The highest BCUT2D eigenvalue weighted by Crippen LogP contribution is 2.34. The van der Waals surface area contributed by atoms with E-state index in [1.807, 2.05) is 0 Å². The highest BCUT2D eigenvalue weighted by molar-refractivity contribution is 6.01. The molecule has 1 fully saturated rings. The number of amides is 1. The number of para-hydroxylation sites is 2. The van der Waals surface area contributed by atoms with Gasteiger partial charge in [-0.3, -0.25) is 9.59 Å². The number of ether oxygens (including phenoxy) is 3. The van der Waals surface area contributed by atoms with Gasteiger partial charge in [-0.1, -0.05) is 12.1 Å². The molecular formula is C20H19F2NO5. The van der Waals surface area contributed by atoms with E-state index in [0.717, 1.165) is 0 Å². The molecule has 0 saturated carbocycles. The zero-order chi connectivity index (χ0) is 20.3. The van der Waals surface area contributed by atoms with Crippen molar-refractivity contribution in [2.45, 2.75) is 26.1 Å². The molecule has 2 aromatic rings. The number of carbonyl (C=O) groups excluding carboxylic acids is 2. The van der Waals surface area contributed by atoms with E-state index in [-0.39, 0.29) is 29.5 Å². The van der Waals surface area contributed by atoms with Crippen molar-refractivity contribution < 1.29 is 32.6 Å². The Balaban J connectivity index is 1.84.